The van der Waals surface area contributed by atoms with Crippen LogP contribution in [0.5, 0.6) is 0 Å². The van der Waals surface area contributed by atoms with Gasteiger partial charge in [0.2, 0.25) is 15.9 Å². The second kappa shape index (κ2) is 8.85. The molecule has 0 bridgehead atoms. The Labute approximate surface area is 163 Å². The number of nitrogens with zero attached hydrogens (tertiary/aromatic N) is 1. The summed E-state index contributed by atoms with van der Waals surface area (Å²) in [5, 5.41) is 2.33. The van der Waals surface area contributed by atoms with Gasteiger partial charge < -0.3 is 5.32 Å². The van der Waals surface area contributed by atoms with E-state index < -0.39 is 25.7 Å². The van der Waals surface area contributed by atoms with Crippen molar-refractivity contribution in [1.29, 1.82) is 0 Å². The summed E-state index contributed by atoms with van der Waals surface area (Å²) in [5.41, 5.74) is 0. The summed E-state index contributed by atoms with van der Waals surface area (Å²) in [6.07, 6.45) is 0.640. The van der Waals surface area contributed by atoms with Crippen LogP contribution in [0.2, 0.25) is 5.02 Å². The number of hydrogen-bond donors (Lipinski definition) is 1. The Morgan fingerprint density at radius 3 is 2.44 bits per heavy atom. The Bertz CT molecular complexity index is 897. The molecule has 1 heterocycles. The van der Waals surface area contributed by atoms with E-state index in [1.807, 2.05) is 0 Å². The van der Waals surface area contributed by atoms with Crippen LogP contribution in [0.25, 0.3) is 0 Å². The third-order valence-corrected chi connectivity index (χ3v) is 8.40. The van der Waals surface area contributed by atoms with Gasteiger partial charge in [-0.25, -0.2) is 21.2 Å². The maximum atomic E-state index is 13.2. The van der Waals surface area contributed by atoms with E-state index in [1.165, 1.54) is 4.31 Å². The van der Waals surface area contributed by atoms with Crippen molar-refractivity contribution in [2.24, 2.45) is 5.92 Å². The van der Waals surface area contributed by atoms with Crippen molar-refractivity contribution in [3.63, 3.8) is 0 Å². The fourth-order valence-corrected chi connectivity index (χ4v) is 5.21. The Balaban J connectivity index is 1.92. The van der Waals surface area contributed by atoms with Crippen molar-refractivity contribution in [2.75, 3.05) is 31.1 Å². The van der Waals surface area contributed by atoms with Crippen LogP contribution in [-0.2, 0) is 24.7 Å². The van der Waals surface area contributed by atoms with Gasteiger partial charge in [0.15, 0.2) is 9.84 Å². The standard InChI is InChI=1S/C16H22ClFN2O5S2/c1-2-26(22,23)10-7-19-16(21)12-5-8-20(9-6-12)27(24,25)13-3-4-15(18)14(17)11-13/h3-4,11-12H,2,5-10H2,1H3,(H,19,21). The number of hydrogen-bond acceptors (Lipinski definition) is 5. The normalized spacial score (nSPS) is 17.0. The number of benzene rings is 1. The zero-order valence-corrected chi connectivity index (χ0v) is 17.2. The molecule has 1 N–H and O–H groups in total. The summed E-state index contributed by atoms with van der Waals surface area (Å²) < 4.78 is 62.6. The van der Waals surface area contributed by atoms with Crippen molar-refractivity contribution in [2.45, 2.75) is 24.7 Å². The maximum absolute atomic E-state index is 13.2. The van der Waals surface area contributed by atoms with Gasteiger partial charge in [-0.2, -0.15) is 4.31 Å². The van der Waals surface area contributed by atoms with Gasteiger partial charge in [-0.15, -0.1) is 0 Å². The highest BCUT2D eigenvalue weighted by Crippen LogP contribution is 2.26. The molecule has 0 aromatic heterocycles. The first-order chi connectivity index (χ1) is 12.6. The number of carbonyl (C=O) groups is 1. The summed E-state index contributed by atoms with van der Waals surface area (Å²) in [5.74, 6) is -1.45. The molecule has 7 nitrogen and oxygen atoms in total. The van der Waals surface area contributed by atoms with Crippen LogP contribution in [0.15, 0.2) is 23.1 Å². The average molecular weight is 441 g/mol. The lowest BCUT2D eigenvalue weighted by Gasteiger charge is -2.30. The van der Waals surface area contributed by atoms with Crippen molar-refractivity contribution in [1.82, 2.24) is 9.62 Å². The number of amides is 1. The van der Waals surface area contributed by atoms with Crippen molar-refractivity contribution < 1.29 is 26.0 Å². The topological polar surface area (TPSA) is 101 Å². The van der Waals surface area contributed by atoms with Crippen LogP contribution in [0.3, 0.4) is 0 Å². The van der Waals surface area contributed by atoms with Crippen LogP contribution in [-0.4, -0.2) is 58.2 Å². The number of carbonyl (C=O) groups excluding carboxylic acids is 1. The van der Waals surface area contributed by atoms with E-state index in [1.54, 1.807) is 6.92 Å². The first kappa shape index (κ1) is 22.1. The molecule has 0 radical (unpaired) electrons. The largest absolute Gasteiger partial charge is 0.355 e. The summed E-state index contributed by atoms with van der Waals surface area (Å²) >= 11 is 5.66. The maximum Gasteiger partial charge on any atom is 0.243 e. The minimum atomic E-state index is -3.82. The summed E-state index contributed by atoms with van der Waals surface area (Å²) in [4.78, 5) is 12.1. The van der Waals surface area contributed by atoms with Gasteiger partial charge in [-0.05, 0) is 31.0 Å². The first-order valence-electron chi connectivity index (χ1n) is 8.50. The summed E-state index contributed by atoms with van der Waals surface area (Å²) in [6, 6.07) is 3.22. The van der Waals surface area contributed by atoms with Gasteiger partial charge in [0.1, 0.15) is 5.82 Å². The average Bonchev–Trinajstić information content (AvgIpc) is 2.63. The fraction of sp³-hybridized carbons (Fsp3) is 0.562. The predicted octanol–water partition coefficient (Wildman–Crippen LogP) is 1.43. The Morgan fingerprint density at radius 2 is 1.89 bits per heavy atom. The lowest BCUT2D eigenvalue weighted by atomic mass is 9.97. The molecule has 1 aliphatic rings. The molecule has 0 aliphatic carbocycles. The highest BCUT2D eigenvalue weighted by Gasteiger charge is 2.32. The number of rotatable bonds is 7. The Kier molecular flexibility index (Phi) is 7.23. The van der Waals surface area contributed by atoms with Crippen LogP contribution in [0, 0.1) is 11.7 Å². The van der Waals surface area contributed by atoms with Gasteiger partial charge in [-0.3, -0.25) is 4.79 Å². The van der Waals surface area contributed by atoms with E-state index in [9.17, 15) is 26.0 Å². The van der Waals surface area contributed by atoms with Crippen molar-refractivity contribution in [3.8, 4) is 0 Å². The molecular formula is C16H22ClFN2O5S2. The molecule has 0 spiro atoms. The second-order valence-electron chi connectivity index (χ2n) is 6.28. The fourth-order valence-electron chi connectivity index (χ4n) is 2.76. The van der Waals surface area contributed by atoms with Crippen molar-refractivity contribution in [3.05, 3.63) is 29.0 Å². The van der Waals surface area contributed by atoms with E-state index in [0.29, 0.717) is 12.8 Å². The third-order valence-electron chi connectivity index (χ3n) is 4.51. The second-order valence-corrected chi connectivity index (χ2v) is 11.1. The molecule has 1 fully saturated rings. The molecule has 1 amide bonds. The number of nitrogens with one attached hydrogen (secondary N) is 1. The highest BCUT2D eigenvalue weighted by atomic mass is 35.5. The number of halogens is 2. The zero-order valence-electron chi connectivity index (χ0n) is 14.8. The molecule has 0 saturated carbocycles. The van der Waals surface area contributed by atoms with Gasteiger partial charge in [-0.1, -0.05) is 18.5 Å². The van der Waals surface area contributed by atoms with Crippen molar-refractivity contribution >= 4 is 37.4 Å². The third kappa shape index (κ3) is 5.63. The van der Waals surface area contributed by atoms with Gasteiger partial charge in [0, 0.05) is 31.3 Å². The molecule has 11 heteroatoms. The van der Waals surface area contributed by atoms with Gasteiger partial charge in [0.25, 0.3) is 0 Å². The molecule has 0 unspecified atom stereocenters. The molecule has 152 valence electrons. The molecular weight excluding hydrogens is 419 g/mol. The molecule has 1 aromatic carbocycles. The summed E-state index contributed by atoms with van der Waals surface area (Å²) in [6.45, 7) is 1.87. The molecule has 2 rings (SSSR count). The van der Waals surface area contributed by atoms with E-state index in [-0.39, 0.29) is 52.9 Å². The van der Waals surface area contributed by atoms with E-state index in [2.05, 4.69) is 5.32 Å². The summed E-state index contributed by atoms with van der Waals surface area (Å²) in [7, 11) is -6.97. The van der Waals surface area contributed by atoms with Crippen LogP contribution >= 0.6 is 11.6 Å². The highest BCUT2D eigenvalue weighted by molar-refractivity contribution is 7.91. The molecule has 1 aromatic rings. The number of piperidine rings is 1. The quantitative estimate of drug-likeness (QED) is 0.691. The monoisotopic (exact) mass is 440 g/mol. The van der Waals surface area contributed by atoms with Gasteiger partial charge >= 0.3 is 0 Å². The first-order valence-corrected chi connectivity index (χ1v) is 12.1. The molecule has 0 atom stereocenters. The van der Waals surface area contributed by atoms with Gasteiger partial charge in [0.05, 0.1) is 15.7 Å². The minimum absolute atomic E-state index is 0.0204. The molecule has 27 heavy (non-hydrogen) atoms. The van der Waals surface area contributed by atoms with E-state index in [0.717, 1.165) is 18.2 Å². The number of sulfonamides is 1. The predicted molar refractivity (Wildman–Crippen MR) is 100 cm³/mol. The van der Waals surface area contributed by atoms with Crippen LogP contribution < -0.4 is 5.32 Å². The lowest BCUT2D eigenvalue weighted by Crippen LogP contribution is -2.43. The van der Waals surface area contributed by atoms with E-state index in [4.69, 9.17) is 11.6 Å². The number of sulfone groups is 1. The smallest absolute Gasteiger partial charge is 0.243 e. The minimum Gasteiger partial charge on any atom is -0.355 e. The molecule has 1 aliphatic heterocycles. The van der Waals surface area contributed by atoms with E-state index >= 15 is 0 Å². The Hall–Kier alpha value is -1.23. The lowest BCUT2D eigenvalue weighted by molar-refractivity contribution is -0.125. The van der Waals surface area contributed by atoms with Crippen LogP contribution in [0.1, 0.15) is 19.8 Å². The van der Waals surface area contributed by atoms with Crippen LogP contribution in [0.4, 0.5) is 4.39 Å². The molecule has 1 saturated heterocycles. The zero-order chi connectivity index (χ0) is 20.2. The Morgan fingerprint density at radius 1 is 1.26 bits per heavy atom. The SMILES string of the molecule is CCS(=O)(=O)CCNC(=O)C1CCN(S(=O)(=O)c2ccc(F)c(Cl)c2)CC1.